The monoisotopic (exact) mass is 284 g/mol. The van der Waals surface area contributed by atoms with Crippen LogP contribution >= 0.6 is 0 Å². The van der Waals surface area contributed by atoms with E-state index in [0.717, 1.165) is 43.9 Å². The Kier molecular flexibility index (Phi) is 4.06. The lowest BCUT2D eigenvalue weighted by Gasteiger charge is -2.31. The smallest absolute Gasteiger partial charge is 0.182 e. The molecule has 3 rings (SSSR count). The van der Waals surface area contributed by atoms with Crippen LogP contribution in [0, 0.1) is 0 Å². The van der Waals surface area contributed by atoms with Gasteiger partial charge in [-0.15, -0.1) is 0 Å². The van der Waals surface area contributed by atoms with Crippen LogP contribution in [0.5, 0.6) is 0 Å². The summed E-state index contributed by atoms with van der Waals surface area (Å²) in [6.07, 6.45) is 7.90. The molecule has 2 aromatic heterocycles. The molecule has 0 radical (unpaired) electrons. The number of hydrogen-bond acceptors (Lipinski definition) is 6. The Morgan fingerprint density at radius 3 is 2.71 bits per heavy atom. The second kappa shape index (κ2) is 6.13. The third-order valence-electron chi connectivity index (χ3n) is 3.78. The van der Waals surface area contributed by atoms with Gasteiger partial charge >= 0.3 is 0 Å². The van der Waals surface area contributed by atoms with Gasteiger partial charge < -0.3 is 10.6 Å². The first-order valence-electron chi connectivity index (χ1n) is 7.41. The molecule has 1 aliphatic rings. The van der Waals surface area contributed by atoms with Gasteiger partial charge in [-0.1, -0.05) is 6.92 Å². The quantitative estimate of drug-likeness (QED) is 0.918. The molecule has 110 valence electrons. The zero-order valence-corrected chi connectivity index (χ0v) is 12.2. The minimum Gasteiger partial charge on any atom is -0.356 e. The van der Waals surface area contributed by atoms with Crippen LogP contribution in [-0.2, 0) is 6.42 Å². The average molecular weight is 284 g/mol. The molecule has 0 aliphatic carbocycles. The second-order valence-corrected chi connectivity index (χ2v) is 5.31. The van der Waals surface area contributed by atoms with Gasteiger partial charge in [-0.2, -0.15) is 0 Å². The summed E-state index contributed by atoms with van der Waals surface area (Å²) in [5, 5.41) is 0. The summed E-state index contributed by atoms with van der Waals surface area (Å²) in [6, 6.07) is 2.38. The average Bonchev–Trinajstić information content (AvgIpc) is 2.56. The standard InChI is InChI=1S/C15H20N6/c1-2-12-9-14(21-7-3-11(16)4-8-21)20-15(19-12)13-10-17-5-6-18-13/h5-6,9-11H,2-4,7-8,16H2,1H3. The summed E-state index contributed by atoms with van der Waals surface area (Å²) >= 11 is 0. The summed E-state index contributed by atoms with van der Waals surface area (Å²) < 4.78 is 0. The number of hydrogen-bond donors (Lipinski definition) is 1. The Balaban J connectivity index is 1.94. The topological polar surface area (TPSA) is 80.8 Å². The highest BCUT2D eigenvalue weighted by Gasteiger charge is 2.19. The Morgan fingerprint density at radius 1 is 1.24 bits per heavy atom. The van der Waals surface area contributed by atoms with Crippen molar-refractivity contribution in [2.45, 2.75) is 32.2 Å². The third-order valence-corrected chi connectivity index (χ3v) is 3.78. The van der Waals surface area contributed by atoms with Gasteiger partial charge in [-0.3, -0.25) is 4.98 Å². The van der Waals surface area contributed by atoms with Crippen molar-refractivity contribution in [3.63, 3.8) is 0 Å². The lowest BCUT2D eigenvalue weighted by atomic mass is 10.1. The van der Waals surface area contributed by atoms with E-state index in [9.17, 15) is 0 Å². The van der Waals surface area contributed by atoms with Crippen molar-refractivity contribution in [2.24, 2.45) is 5.73 Å². The Hall–Kier alpha value is -2.08. The molecule has 6 nitrogen and oxygen atoms in total. The minimum absolute atomic E-state index is 0.313. The molecule has 1 aliphatic heterocycles. The summed E-state index contributed by atoms with van der Waals surface area (Å²) in [7, 11) is 0. The molecule has 2 N–H and O–H groups in total. The molecule has 0 spiro atoms. The zero-order valence-electron chi connectivity index (χ0n) is 12.2. The van der Waals surface area contributed by atoms with Crippen LogP contribution in [0.25, 0.3) is 11.5 Å². The van der Waals surface area contributed by atoms with E-state index < -0.39 is 0 Å². The molecule has 0 aromatic carbocycles. The first-order valence-corrected chi connectivity index (χ1v) is 7.41. The molecule has 0 amide bonds. The fourth-order valence-electron chi connectivity index (χ4n) is 2.48. The van der Waals surface area contributed by atoms with Gasteiger partial charge in [-0.25, -0.2) is 15.0 Å². The highest BCUT2D eigenvalue weighted by molar-refractivity contribution is 5.53. The van der Waals surface area contributed by atoms with E-state index in [1.165, 1.54) is 0 Å². The molecule has 1 saturated heterocycles. The van der Waals surface area contributed by atoms with Crippen molar-refractivity contribution < 1.29 is 0 Å². The van der Waals surface area contributed by atoms with Crippen LogP contribution in [0.15, 0.2) is 24.7 Å². The molecule has 0 atom stereocenters. The molecular formula is C15H20N6. The normalized spacial score (nSPS) is 16.2. The minimum atomic E-state index is 0.313. The van der Waals surface area contributed by atoms with Crippen LogP contribution in [0.3, 0.4) is 0 Å². The summed E-state index contributed by atoms with van der Waals surface area (Å²) in [4.78, 5) is 19.9. The van der Waals surface area contributed by atoms with E-state index >= 15 is 0 Å². The van der Waals surface area contributed by atoms with Gasteiger partial charge in [0.1, 0.15) is 11.5 Å². The Bertz CT molecular complexity index is 592. The molecule has 0 unspecified atom stereocenters. The number of nitrogens with zero attached hydrogens (tertiary/aromatic N) is 5. The van der Waals surface area contributed by atoms with E-state index in [1.807, 2.05) is 0 Å². The molecular weight excluding hydrogens is 264 g/mol. The van der Waals surface area contributed by atoms with E-state index in [1.54, 1.807) is 18.6 Å². The number of piperidine rings is 1. The van der Waals surface area contributed by atoms with Gasteiger partial charge in [0, 0.05) is 43.3 Å². The number of nitrogens with two attached hydrogens (primary N) is 1. The lowest BCUT2D eigenvalue weighted by Crippen LogP contribution is -2.40. The molecule has 2 aromatic rings. The van der Waals surface area contributed by atoms with E-state index in [-0.39, 0.29) is 0 Å². The van der Waals surface area contributed by atoms with Crippen molar-refractivity contribution in [1.29, 1.82) is 0 Å². The van der Waals surface area contributed by atoms with Crippen LogP contribution in [0.4, 0.5) is 5.82 Å². The highest BCUT2D eigenvalue weighted by Crippen LogP contribution is 2.21. The van der Waals surface area contributed by atoms with Gasteiger partial charge in [0.2, 0.25) is 0 Å². The van der Waals surface area contributed by atoms with E-state index in [4.69, 9.17) is 5.73 Å². The van der Waals surface area contributed by atoms with Gasteiger partial charge in [-0.05, 0) is 19.3 Å². The number of rotatable bonds is 3. The van der Waals surface area contributed by atoms with Crippen molar-refractivity contribution in [1.82, 2.24) is 19.9 Å². The van der Waals surface area contributed by atoms with Crippen LogP contribution in [0.2, 0.25) is 0 Å². The van der Waals surface area contributed by atoms with E-state index in [2.05, 4.69) is 37.8 Å². The molecule has 3 heterocycles. The number of anilines is 1. The van der Waals surface area contributed by atoms with Gasteiger partial charge in [0.15, 0.2) is 5.82 Å². The molecule has 0 bridgehead atoms. The van der Waals surface area contributed by atoms with Crippen molar-refractivity contribution in [3.8, 4) is 11.5 Å². The fourth-order valence-corrected chi connectivity index (χ4v) is 2.48. The van der Waals surface area contributed by atoms with Crippen molar-refractivity contribution >= 4 is 5.82 Å². The SMILES string of the molecule is CCc1cc(N2CCC(N)CC2)nc(-c2cnccn2)n1. The Morgan fingerprint density at radius 2 is 2.05 bits per heavy atom. The maximum absolute atomic E-state index is 5.97. The first kappa shape index (κ1) is 13.9. The largest absolute Gasteiger partial charge is 0.356 e. The fraction of sp³-hybridized carbons (Fsp3) is 0.467. The molecule has 1 fully saturated rings. The van der Waals surface area contributed by atoms with Crippen LogP contribution < -0.4 is 10.6 Å². The van der Waals surface area contributed by atoms with Gasteiger partial charge in [0.05, 0.1) is 6.20 Å². The lowest BCUT2D eigenvalue weighted by molar-refractivity contribution is 0.498. The van der Waals surface area contributed by atoms with Crippen LogP contribution in [0.1, 0.15) is 25.5 Å². The van der Waals surface area contributed by atoms with Crippen molar-refractivity contribution in [3.05, 3.63) is 30.4 Å². The van der Waals surface area contributed by atoms with Gasteiger partial charge in [0.25, 0.3) is 0 Å². The number of aromatic nitrogens is 4. The second-order valence-electron chi connectivity index (χ2n) is 5.31. The maximum Gasteiger partial charge on any atom is 0.182 e. The van der Waals surface area contributed by atoms with Crippen molar-refractivity contribution in [2.75, 3.05) is 18.0 Å². The Labute approximate surface area is 124 Å². The van der Waals surface area contributed by atoms with Crippen LogP contribution in [-0.4, -0.2) is 39.1 Å². The summed E-state index contributed by atoms with van der Waals surface area (Å²) in [6.45, 7) is 3.99. The summed E-state index contributed by atoms with van der Waals surface area (Å²) in [5.74, 6) is 1.61. The zero-order chi connectivity index (χ0) is 14.7. The maximum atomic E-state index is 5.97. The third kappa shape index (κ3) is 3.16. The predicted octanol–water partition coefficient (Wildman–Crippen LogP) is 1.42. The van der Waals surface area contributed by atoms with E-state index in [0.29, 0.717) is 17.6 Å². The molecule has 6 heteroatoms. The summed E-state index contributed by atoms with van der Waals surface area (Å²) in [5.41, 5.74) is 7.71. The predicted molar refractivity (Wildman–Crippen MR) is 81.9 cm³/mol. The first-order chi connectivity index (χ1) is 10.3. The molecule has 21 heavy (non-hydrogen) atoms. The number of aryl methyl sites for hydroxylation is 1. The highest BCUT2D eigenvalue weighted by atomic mass is 15.2. The molecule has 0 saturated carbocycles.